The summed E-state index contributed by atoms with van der Waals surface area (Å²) < 4.78 is 2.01. The quantitative estimate of drug-likeness (QED) is 0.462. The van der Waals surface area contributed by atoms with Crippen LogP contribution in [-0.4, -0.2) is 61.9 Å². The fourth-order valence-electron chi connectivity index (χ4n) is 4.43. The van der Waals surface area contributed by atoms with E-state index in [2.05, 4.69) is 41.1 Å². The summed E-state index contributed by atoms with van der Waals surface area (Å²) in [6.45, 7) is 8.02. The topological polar surface area (TPSA) is 70.1 Å². The molecule has 8 heteroatoms. The molecule has 1 saturated heterocycles. The van der Waals surface area contributed by atoms with Gasteiger partial charge in [0.1, 0.15) is 5.69 Å². The third-order valence-electron chi connectivity index (χ3n) is 6.43. The predicted octanol–water partition coefficient (Wildman–Crippen LogP) is 4.49. The maximum Gasteiger partial charge on any atom is 0.271 e. The Morgan fingerprint density at radius 1 is 1.00 bits per heavy atom. The molecule has 34 heavy (non-hydrogen) atoms. The zero-order valence-electron chi connectivity index (χ0n) is 19.3. The molecule has 5 rings (SSSR count). The fraction of sp³-hybridized carbons (Fsp3) is 0.269. The first kappa shape index (κ1) is 22.4. The van der Waals surface area contributed by atoms with Crippen LogP contribution < -0.4 is 0 Å². The number of piperazine rings is 1. The third-order valence-corrected chi connectivity index (χ3v) is 6.68. The molecule has 1 fully saturated rings. The van der Waals surface area contributed by atoms with Crippen LogP contribution in [0.15, 0.2) is 60.7 Å². The Balaban J connectivity index is 1.22. The molecule has 4 aromatic rings. The molecule has 2 aromatic heterocycles. The van der Waals surface area contributed by atoms with Crippen molar-refractivity contribution in [3.63, 3.8) is 0 Å². The molecule has 0 unspecified atom stereocenters. The Kier molecular flexibility index (Phi) is 6.22. The van der Waals surface area contributed by atoms with Gasteiger partial charge in [-0.3, -0.25) is 14.8 Å². The van der Waals surface area contributed by atoms with E-state index in [1.165, 1.54) is 5.56 Å². The monoisotopic (exact) mass is 474 g/mol. The van der Waals surface area contributed by atoms with Crippen LogP contribution >= 0.6 is 11.6 Å². The smallest absolute Gasteiger partial charge is 0.271 e. The molecule has 0 spiro atoms. The van der Waals surface area contributed by atoms with Crippen molar-refractivity contribution in [2.75, 3.05) is 26.2 Å². The van der Waals surface area contributed by atoms with Gasteiger partial charge in [-0.15, -0.1) is 0 Å². The van der Waals surface area contributed by atoms with Crippen LogP contribution in [0.3, 0.4) is 0 Å². The van der Waals surface area contributed by atoms with Crippen LogP contribution in [0.5, 0.6) is 0 Å². The predicted molar refractivity (Wildman–Crippen MR) is 133 cm³/mol. The molecule has 1 aliphatic heterocycles. The summed E-state index contributed by atoms with van der Waals surface area (Å²) in [5.41, 5.74) is 6.70. The van der Waals surface area contributed by atoms with E-state index in [9.17, 15) is 4.79 Å². The number of H-pyrrole nitrogens is 1. The molecule has 0 saturated carbocycles. The summed E-state index contributed by atoms with van der Waals surface area (Å²) in [5.74, 6) is -0.0170. The molecule has 1 amide bonds. The van der Waals surface area contributed by atoms with Gasteiger partial charge < -0.3 is 4.90 Å². The van der Waals surface area contributed by atoms with Gasteiger partial charge in [-0.2, -0.15) is 10.2 Å². The van der Waals surface area contributed by atoms with Crippen molar-refractivity contribution in [1.29, 1.82) is 0 Å². The highest BCUT2D eigenvalue weighted by Gasteiger charge is 2.25. The lowest BCUT2D eigenvalue weighted by molar-refractivity contribution is 0.0622. The number of carbonyl (C=O) groups is 1. The number of nitrogens with one attached hydrogen (secondary N) is 1. The molecule has 174 valence electrons. The Morgan fingerprint density at radius 2 is 1.71 bits per heavy atom. The van der Waals surface area contributed by atoms with Gasteiger partial charge in [-0.05, 0) is 44.2 Å². The van der Waals surface area contributed by atoms with Crippen molar-refractivity contribution in [2.24, 2.45) is 0 Å². The number of hydrogen-bond acceptors (Lipinski definition) is 4. The standard InChI is InChI=1S/C26H27ClN6O/c1-18-23(19(2)33(30-18)22-6-4-3-5-7-22)17-31-12-14-32(15-13-31)26(34)25-16-24(28-29-25)20-8-10-21(27)11-9-20/h3-11,16H,12-15,17H2,1-2H3,(H,28,29). The lowest BCUT2D eigenvalue weighted by Crippen LogP contribution is -2.48. The lowest BCUT2D eigenvalue weighted by atomic mass is 10.1. The van der Waals surface area contributed by atoms with Gasteiger partial charge in [0.2, 0.25) is 0 Å². The second-order valence-corrected chi connectivity index (χ2v) is 9.08. The maximum absolute atomic E-state index is 13.0. The molecule has 0 radical (unpaired) electrons. The van der Waals surface area contributed by atoms with Gasteiger partial charge in [0.25, 0.3) is 5.91 Å². The minimum Gasteiger partial charge on any atom is -0.335 e. The number of para-hydroxylation sites is 1. The molecule has 1 aliphatic rings. The number of hydrogen-bond donors (Lipinski definition) is 1. The van der Waals surface area contributed by atoms with E-state index in [4.69, 9.17) is 16.7 Å². The highest BCUT2D eigenvalue weighted by atomic mass is 35.5. The largest absolute Gasteiger partial charge is 0.335 e. The number of nitrogens with zero attached hydrogens (tertiary/aromatic N) is 5. The summed E-state index contributed by atoms with van der Waals surface area (Å²) in [6, 6.07) is 19.5. The van der Waals surface area contributed by atoms with Gasteiger partial charge in [0, 0.05) is 54.6 Å². The lowest BCUT2D eigenvalue weighted by Gasteiger charge is -2.34. The third kappa shape index (κ3) is 4.49. The summed E-state index contributed by atoms with van der Waals surface area (Å²) in [4.78, 5) is 17.3. The second-order valence-electron chi connectivity index (χ2n) is 8.64. The van der Waals surface area contributed by atoms with Gasteiger partial charge >= 0.3 is 0 Å². The number of aryl methyl sites for hydroxylation is 1. The normalized spacial score (nSPS) is 14.5. The van der Waals surface area contributed by atoms with Gasteiger partial charge in [-0.25, -0.2) is 4.68 Å². The van der Waals surface area contributed by atoms with Crippen molar-refractivity contribution in [2.45, 2.75) is 20.4 Å². The fourth-order valence-corrected chi connectivity index (χ4v) is 4.55. The number of benzene rings is 2. The molecule has 0 atom stereocenters. The Hall–Kier alpha value is -3.42. The van der Waals surface area contributed by atoms with Crippen LogP contribution in [0.2, 0.25) is 5.02 Å². The van der Waals surface area contributed by atoms with E-state index in [0.717, 1.165) is 48.0 Å². The minimum absolute atomic E-state index is 0.0170. The molecule has 0 bridgehead atoms. The zero-order chi connectivity index (χ0) is 23.7. The molecule has 3 heterocycles. The summed E-state index contributed by atoms with van der Waals surface area (Å²) in [6.07, 6.45) is 0. The number of rotatable bonds is 5. The van der Waals surface area contributed by atoms with Crippen LogP contribution in [0, 0.1) is 13.8 Å². The Labute approximate surface area is 204 Å². The number of aromatic amines is 1. The SMILES string of the molecule is Cc1nn(-c2ccccc2)c(C)c1CN1CCN(C(=O)c2cc(-c3ccc(Cl)cc3)n[nH]2)CC1. The van der Waals surface area contributed by atoms with Gasteiger partial charge in [0.05, 0.1) is 17.1 Å². The minimum atomic E-state index is -0.0170. The molecule has 7 nitrogen and oxygen atoms in total. The van der Waals surface area contributed by atoms with Gasteiger partial charge in [-0.1, -0.05) is 41.9 Å². The highest BCUT2D eigenvalue weighted by Crippen LogP contribution is 2.22. The van der Waals surface area contributed by atoms with Crippen molar-refractivity contribution in [3.05, 3.63) is 88.3 Å². The van der Waals surface area contributed by atoms with E-state index < -0.39 is 0 Å². The molecular weight excluding hydrogens is 448 g/mol. The van der Waals surface area contributed by atoms with E-state index in [0.29, 0.717) is 23.8 Å². The first-order chi connectivity index (χ1) is 16.5. The van der Waals surface area contributed by atoms with E-state index in [1.54, 1.807) is 0 Å². The highest BCUT2D eigenvalue weighted by molar-refractivity contribution is 6.30. The van der Waals surface area contributed by atoms with Crippen molar-refractivity contribution >= 4 is 17.5 Å². The molecule has 0 aliphatic carbocycles. The van der Waals surface area contributed by atoms with Crippen LogP contribution in [0.25, 0.3) is 16.9 Å². The number of halogens is 1. The van der Waals surface area contributed by atoms with Crippen molar-refractivity contribution in [1.82, 2.24) is 29.8 Å². The summed E-state index contributed by atoms with van der Waals surface area (Å²) in [5, 5.41) is 12.7. The maximum atomic E-state index is 13.0. The number of aromatic nitrogens is 4. The number of amides is 1. The first-order valence-corrected chi connectivity index (χ1v) is 11.8. The first-order valence-electron chi connectivity index (χ1n) is 11.4. The van der Waals surface area contributed by atoms with E-state index in [1.807, 2.05) is 58.1 Å². The van der Waals surface area contributed by atoms with Crippen molar-refractivity contribution < 1.29 is 4.79 Å². The van der Waals surface area contributed by atoms with Gasteiger partial charge in [0.15, 0.2) is 0 Å². The van der Waals surface area contributed by atoms with E-state index in [-0.39, 0.29) is 5.91 Å². The summed E-state index contributed by atoms with van der Waals surface area (Å²) in [7, 11) is 0. The summed E-state index contributed by atoms with van der Waals surface area (Å²) >= 11 is 5.97. The van der Waals surface area contributed by atoms with E-state index >= 15 is 0 Å². The van der Waals surface area contributed by atoms with Crippen LogP contribution in [0.1, 0.15) is 27.4 Å². The average Bonchev–Trinajstić information content (AvgIpc) is 3.46. The number of carbonyl (C=O) groups excluding carboxylic acids is 1. The molecule has 2 aromatic carbocycles. The average molecular weight is 475 g/mol. The molecule has 1 N–H and O–H groups in total. The zero-order valence-corrected chi connectivity index (χ0v) is 20.1. The Morgan fingerprint density at radius 3 is 2.41 bits per heavy atom. The molecular formula is C26H27ClN6O. The Bertz CT molecular complexity index is 1290. The second kappa shape index (κ2) is 9.44. The van der Waals surface area contributed by atoms with Crippen LogP contribution in [-0.2, 0) is 6.54 Å². The van der Waals surface area contributed by atoms with Crippen molar-refractivity contribution in [3.8, 4) is 16.9 Å². The van der Waals surface area contributed by atoms with Crippen LogP contribution in [0.4, 0.5) is 0 Å².